The van der Waals surface area contributed by atoms with Crippen LogP contribution in [0.15, 0.2) is 67.3 Å². The largest absolute Gasteiger partial charge is 0.459 e. The first-order chi connectivity index (χ1) is 13.0. The number of alkyl halides is 1. The Hall–Kier alpha value is -2.12. The zero-order chi connectivity index (χ0) is 18.9. The van der Waals surface area contributed by atoms with Gasteiger partial charge in [0.15, 0.2) is 6.10 Å². The summed E-state index contributed by atoms with van der Waals surface area (Å²) in [5, 5.41) is 3.23. The predicted octanol–water partition coefficient (Wildman–Crippen LogP) is 4.41. The van der Waals surface area contributed by atoms with Crippen LogP contribution < -0.4 is 4.74 Å². The van der Waals surface area contributed by atoms with E-state index in [9.17, 15) is 0 Å². The number of hydrogen-bond acceptors (Lipinski definition) is 5. The standard InChI is InChI=1S/C19H17Cl2N3O3/c1-18(25-16-9-7-15(20)8-10-16)17(14-5-3-2-4-6-14)26-19(21,27-18)11-24-13-22-12-23-24/h2-10,12-13,17H,11H2,1H3. The van der Waals surface area contributed by atoms with Gasteiger partial charge in [-0.25, -0.2) is 9.67 Å². The van der Waals surface area contributed by atoms with Gasteiger partial charge >= 0.3 is 0 Å². The smallest absolute Gasteiger partial charge is 0.273 e. The average Bonchev–Trinajstić information content (AvgIpc) is 3.23. The van der Waals surface area contributed by atoms with Crippen LogP contribution in [-0.4, -0.2) is 25.8 Å². The maximum absolute atomic E-state index is 6.65. The van der Waals surface area contributed by atoms with Crippen LogP contribution in [0.3, 0.4) is 0 Å². The molecule has 3 atom stereocenters. The first-order valence-electron chi connectivity index (χ1n) is 8.35. The van der Waals surface area contributed by atoms with Crippen molar-refractivity contribution in [3.63, 3.8) is 0 Å². The van der Waals surface area contributed by atoms with Crippen molar-refractivity contribution in [2.24, 2.45) is 0 Å². The van der Waals surface area contributed by atoms with E-state index in [-0.39, 0.29) is 6.54 Å². The van der Waals surface area contributed by atoms with E-state index in [0.717, 1.165) is 5.56 Å². The molecule has 1 saturated heterocycles. The maximum atomic E-state index is 6.65. The fourth-order valence-electron chi connectivity index (χ4n) is 3.05. The Bertz CT molecular complexity index is 892. The highest BCUT2D eigenvalue weighted by molar-refractivity contribution is 6.30. The lowest BCUT2D eigenvalue weighted by Gasteiger charge is -2.30. The summed E-state index contributed by atoms with van der Waals surface area (Å²) in [5.74, 6) is -0.578. The molecule has 0 saturated carbocycles. The second-order valence-electron chi connectivity index (χ2n) is 6.34. The molecule has 140 valence electrons. The third kappa shape index (κ3) is 3.94. The molecule has 0 radical (unpaired) electrons. The third-order valence-electron chi connectivity index (χ3n) is 4.18. The van der Waals surface area contributed by atoms with Crippen molar-refractivity contribution in [3.8, 4) is 5.75 Å². The molecule has 3 aromatic rings. The summed E-state index contributed by atoms with van der Waals surface area (Å²) in [6, 6.07) is 16.7. The highest BCUT2D eigenvalue weighted by Crippen LogP contribution is 2.49. The maximum Gasteiger partial charge on any atom is 0.273 e. The minimum absolute atomic E-state index is 0.150. The summed E-state index contributed by atoms with van der Waals surface area (Å²) in [7, 11) is 0. The van der Waals surface area contributed by atoms with Gasteiger partial charge in [-0.1, -0.05) is 53.5 Å². The van der Waals surface area contributed by atoms with E-state index in [1.165, 1.54) is 6.33 Å². The molecule has 27 heavy (non-hydrogen) atoms. The highest BCUT2D eigenvalue weighted by Gasteiger charge is 2.57. The molecule has 8 heteroatoms. The molecule has 2 aromatic carbocycles. The van der Waals surface area contributed by atoms with Gasteiger partial charge in [-0.15, -0.1) is 0 Å². The summed E-state index contributed by atoms with van der Waals surface area (Å²) in [6.45, 7) is 1.95. The van der Waals surface area contributed by atoms with Gasteiger partial charge in [0.1, 0.15) is 24.9 Å². The summed E-state index contributed by atoms with van der Waals surface area (Å²) in [5.41, 5.74) is 0.884. The summed E-state index contributed by atoms with van der Waals surface area (Å²) in [6.07, 6.45) is 2.41. The second-order valence-corrected chi connectivity index (χ2v) is 7.35. The van der Waals surface area contributed by atoms with Crippen molar-refractivity contribution in [2.45, 2.75) is 30.6 Å². The van der Waals surface area contributed by atoms with Gasteiger partial charge in [-0.2, -0.15) is 5.10 Å². The van der Waals surface area contributed by atoms with Crippen LogP contribution in [0, 0.1) is 0 Å². The Morgan fingerprint density at radius 3 is 2.56 bits per heavy atom. The molecule has 3 unspecified atom stereocenters. The quantitative estimate of drug-likeness (QED) is 0.588. The fourth-order valence-corrected chi connectivity index (χ4v) is 3.54. The van der Waals surface area contributed by atoms with E-state index >= 15 is 0 Å². The number of ether oxygens (including phenoxy) is 3. The zero-order valence-electron chi connectivity index (χ0n) is 14.5. The van der Waals surface area contributed by atoms with Crippen molar-refractivity contribution in [1.82, 2.24) is 14.8 Å². The van der Waals surface area contributed by atoms with Crippen LogP contribution in [0.1, 0.15) is 18.6 Å². The number of benzene rings is 2. The molecule has 4 rings (SSSR count). The number of rotatable bonds is 5. The van der Waals surface area contributed by atoms with Gasteiger partial charge in [-0.3, -0.25) is 4.74 Å². The first kappa shape index (κ1) is 18.3. The van der Waals surface area contributed by atoms with Gasteiger partial charge in [0.2, 0.25) is 5.79 Å². The van der Waals surface area contributed by atoms with Crippen molar-refractivity contribution in [2.75, 3.05) is 0 Å². The molecule has 0 bridgehead atoms. The minimum Gasteiger partial charge on any atom is -0.459 e. The molecule has 2 heterocycles. The van der Waals surface area contributed by atoms with Crippen molar-refractivity contribution >= 4 is 23.2 Å². The second kappa shape index (κ2) is 7.13. The van der Waals surface area contributed by atoms with Gasteiger partial charge in [-0.05, 0) is 29.8 Å². The molecule has 1 aliphatic rings. The number of hydrogen-bond donors (Lipinski definition) is 0. The van der Waals surface area contributed by atoms with E-state index in [2.05, 4.69) is 10.1 Å². The van der Waals surface area contributed by atoms with Crippen LogP contribution in [-0.2, 0) is 16.0 Å². The molecule has 0 spiro atoms. The van der Waals surface area contributed by atoms with Crippen LogP contribution >= 0.6 is 23.2 Å². The minimum atomic E-state index is -1.46. The Morgan fingerprint density at radius 1 is 1.15 bits per heavy atom. The van der Waals surface area contributed by atoms with E-state index in [0.29, 0.717) is 10.8 Å². The number of nitrogens with zero attached hydrogens (tertiary/aromatic N) is 3. The Morgan fingerprint density at radius 2 is 1.89 bits per heavy atom. The summed E-state index contributed by atoms with van der Waals surface area (Å²) >= 11 is 12.6. The molecule has 1 aromatic heterocycles. The Kier molecular flexibility index (Phi) is 4.82. The Balaban J connectivity index is 1.66. The van der Waals surface area contributed by atoms with Crippen molar-refractivity contribution < 1.29 is 14.2 Å². The lowest BCUT2D eigenvalue weighted by atomic mass is 10.0. The average molecular weight is 406 g/mol. The Labute approximate surface area is 166 Å². The molecule has 6 nitrogen and oxygen atoms in total. The van der Waals surface area contributed by atoms with Gasteiger partial charge < -0.3 is 9.47 Å². The van der Waals surface area contributed by atoms with E-state index in [1.807, 2.05) is 30.3 Å². The van der Waals surface area contributed by atoms with Gasteiger partial charge in [0, 0.05) is 11.9 Å². The summed E-state index contributed by atoms with van der Waals surface area (Å²) in [4.78, 5) is 3.92. The van der Waals surface area contributed by atoms with Crippen LogP contribution in [0.25, 0.3) is 0 Å². The predicted molar refractivity (Wildman–Crippen MR) is 100 cm³/mol. The lowest BCUT2D eigenvalue weighted by molar-refractivity contribution is -0.193. The highest BCUT2D eigenvalue weighted by atomic mass is 35.5. The molecule has 0 amide bonds. The van der Waals surface area contributed by atoms with E-state index in [1.54, 1.807) is 42.2 Å². The molecular weight excluding hydrogens is 389 g/mol. The van der Waals surface area contributed by atoms with E-state index in [4.69, 9.17) is 37.4 Å². The van der Waals surface area contributed by atoms with Gasteiger partial charge in [0.05, 0.1) is 0 Å². The van der Waals surface area contributed by atoms with Crippen LogP contribution in [0.2, 0.25) is 5.02 Å². The van der Waals surface area contributed by atoms with Gasteiger partial charge in [0.25, 0.3) is 5.25 Å². The number of halogens is 2. The topological polar surface area (TPSA) is 58.4 Å². The van der Waals surface area contributed by atoms with Crippen LogP contribution in [0.4, 0.5) is 0 Å². The SMILES string of the molecule is CC1(Oc2ccc(Cl)cc2)OC(Cl)(Cn2cncn2)OC1c1ccccc1. The number of aromatic nitrogens is 3. The third-order valence-corrected chi connectivity index (χ3v) is 4.72. The zero-order valence-corrected chi connectivity index (χ0v) is 16.0. The van der Waals surface area contributed by atoms with Crippen LogP contribution in [0.5, 0.6) is 5.75 Å². The van der Waals surface area contributed by atoms with Crippen molar-refractivity contribution in [3.05, 3.63) is 77.8 Å². The molecular formula is C19H17Cl2N3O3. The fraction of sp³-hybridized carbons (Fsp3) is 0.263. The van der Waals surface area contributed by atoms with E-state index < -0.39 is 17.1 Å². The monoisotopic (exact) mass is 405 g/mol. The first-order valence-corrected chi connectivity index (χ1v) is 9.10. The van der Waals surface area contributed by atoms with Crippen molar-refractivity contribution in [1.29, 1.82) is 0 Å². The molecule has 1 aliphatic heterocycles. The lowest BCUT2D eigenvalue weighted by Crippen LogP contribution is -2.40. The normalized spacial score (nSPS) is 27.6. The molecule has 1 fully saturated rings. The summed E-state index contributed by atoms with van der Waals surface area (Å²) < 4.78 is 19.9. The molecule has 0 aliphatic carbocycles. The molecule has 0 N–H and O–H groups in total.